The lowest BCUT2D eigenvalue weighted by Crippen LogP contribution is -2.06. The van der Waals surface area contributed by atoms with Crippen molar-refractivity contribution in [2.45, 2.75) is 33.7 Å². The Kier molecular flexibility index (Phi) is 3.51. The zero-order valence-corrected chi connectivity index (χ0v) is 11.8. The first-order valence-electron chi connectivity index (χ1n) is 6.31. The summed E-state index contributed by atoms with van der Waals surface area (Å²) in [5.74, 6) is 0.0153. The number of aliphatic carboxylic acids is 1. The Morgan fingerprint density at radius 2 is 2.00 bits per heavy atom. The van der Waals surface area contributed by atoms with Gasteiger partial charge in [0.05, 0.1) is 19.0 Å². The van der Waals surface area contributed by atoms with E-state index in [4.69, 9.17) is 9.84 Å². The van der Waals surface area contributed by atoms with Crippen molar-refractivity contribution >= 4 is 16.9 Å². The van der Waals surface area contributed by atoms with E-state index in [1.807, 2.05) is 24.5 Å². The third kappa shape index (κ3) is 2.30. The summed E-state index contributed by atoms with van der Waals surface area (Å²) in [7, 11) is 1.65. The molecule has 0 saturated heterocycles. The number of methoxy groups -OCH3 is 1. The van der Waals surface area contributed by atoms with Crippen LogP contribution in [0.25, 0.3) is 10.9 Å². The fraction of sp³-hybridized carbons (Fsp3) is 0.400. The average molecular weight is 261 g/mol. The smallest absolute Gasteiger partial charge is 0.305 e. The SMILES string of the molecule is COc1cc(C)cc2c(C)c(C)n(CCC(=O)O)c12. The highest BCUT2D eigenvalue weighted by Crippen LogP contribution is 2.33. The minimum absolute atomic E-state index is 0.112. The van der Waals surface area contributed by atoms with Crippen molar-refractivity contribution in [3.8, 4) is 5.75 Å². The normalized spacial score (nSPS) is 10.9. The molecule has 0 aliphatic carbocycles. The summed E-state index contributed by atoms with van der Waals surface area (Å²) in [5.41, 5.74) is 4.41. The van der Waals surface area contributed by atoms with Crippen LogP contribution >= 0.6 is 0 Å². The molecule has 1 aromatic carbocycles. The Morgan fingerprint density at radius 3 is 2.58 bits per heavy atom. The molecule has 0 atom stereocenters. The second-order valence-corrected chi connectivity index (χ2v) is 4.87. The zero-order valence-electron chi connectivity index (χ0n) is 11.8. The van der Waals surface area contributed by atoms with Gasteiger partial charge >= 0.3 is 5.97 Å². The van der Waals surface area contributed by atoms with Crippen molar-refractivity contribution in [2.24, 2.45) is 0 Å². The van der Waals surface area contributed by atoms with Gasteiger partial charge in [-0.2, -0.15) is 0 Å². The first-order chi connectivity index (χ1) is 8.95. The van der Waals surface area contributed by atoms with Crippen molar-refractivity contribution in [3.63, 3.8) is 0 Å². The number of aryl methyl sites for hydroxylation is 3. The van der Waals surface area contributed by atoms with Crippen LogP contribution in [0, 0.1) is 20.8 Å². The maximum absolute atomic E-state index is 10.8. The molecule has 1 aromatic heterocycles. The molecule has 0 aliphatic rings. The summed E-state index contributed by atoms with van der Waals surface area (Å²) < 4.78 is 7.49. The van der Waals surface area contributed by atoms with Gasteiger partial charge in [-0.25, -0.2) is 0 Å². The van der Waals surface area contributed by atoms with Gasteiger partial charge in [-0.05, 0) is 44.0 Å². The molecule has 0 unspecified atom stereocenters. The van der Waals surface area contributed by atoms with Crippen LogP contribution in [0.3, 0.4) is 0 Å². The van der Waals surface area contributed by atoms with Crippen molar-refractivity contribution in [2.75, 3.05) is 7.11 Å². The molecular formula is C15H19NO3. The molecule has 0 radical (unpaired) electrons. The van der Waals surface area contributed by atoms with E-state index in [0.717, 1.165) is 27.9 Å². The lowest BCUT2D eigenvalue weighted by molar-refractivity contribution is -0.137. The predicted octanol–water partition coefficient (Wildman–Crippen LogP) is 3.05. The van der Waals surface area contributed by atoms with E-state index in [2.05, 4.69) is 13.0 Å². The number of rotatable bonds is 4. The number of carboxylic acids is 1. The molecule has 1 heterocycles. The quantitative estimate of drug-likeness (QED) is 0.920. The van der Waals surface area contributed by atoms with Crippen molar-refractivity contribution < 1.29 is 14.6 Å². The number of fused-ring (bicyclic) bond motifs is 1. The van der Waals surface area contributed by atoms with Gasteiger partial charge < -0.3 is 14.4 Å². The van der Waals surface area contributed by atoms with Gasteiger partial charge in [0, 0.05) is 17.6 Å². The van der Waals surface area contributed by atoms with Crippen LogP contribution in [0.4, 0.5) is 0 Å². The van der Waals surface area contributed by atoms with Crippen molar-refractivity contribution in [1.82, 2.24) is 4.57 Å². The summed E-state index contributed by atoms with van der Waals surface area (Å²) in [6.07, 6.45) is 0.112. The van der Waals surface area contributed by atoms with Gasteiger partial charge in [-0.3, -0.25) is 4.79 Å². The molecule has 0 spiro atoms. The first kappa shape index (κ1) is 13.5. The van der Waals surface area contributed by atoms with Crippen LogP contribution < -0.4 is 4.74 Å². The molecule has 0 amide bonds. The number of nitrogens with zero attached hydrogens (tertiary/aromatic N) is 1. The second kappa shape index (κ2) is 4.96. The lowest BCUT2D eigenvalue weighted by Gasteiger charge is -2.10. The molecule has 19 heavy (non-hydrogen) atoms. The molecule has 1 N–H and O–H groups in total. The molecule has 102 valence electrons. The highest BCUT2D eigenvalue weighted by Gasteiger charge is 2.16. The predicted molar refractivity (Wildman–Crippen MR) is 75.0 cm³/mol. The Labute approximate surface area is 112 Å². The summed E-state index contributed by atoms with van der Waals surface area (Å²) >= 11 is 0. The Morgan fingerprint density at radius 1 is 1.32 bits per heavy atom. The van der Waals surface area contributed by atoms with E-state index in [1.54, 1.807) is 7.11 Å². The maximum Gasteiger partial charge on any atom is 0.305 e. The standard InChI is InChI=1S/C15H19NO3/c1-9-7-12-10(2)11(3)16(6-5-14(17)18)15(12)13(8-9)19-4/h7-8H,5-6H2,1-4H3,(H,17,18). The van der Waals surface area contributed by atoms with Crippen LogP contribution in [-0.2, 0) is 11.3 Å². The van der Waals surface area contributed by atoms with Crippen LogP contribution in [0.1, 0.15) is 23.2 Å². The van der Waals surface area contributed by atoms with Crippen LogP contribution in [0.5, 0.6) is 5.75 Å². The number of benzene rings is 1. The number of hydrogen-bond donors (Lipinski definition) is 1. The van der Waals surface area contributed by atoms with Crippen molar-refractivity contribution in [1.29, 1.82) is 0 Å². The second-order valence-electron chi connectivity index (χ2n) is 4.87. The van der Waals surface area contributed by atoms with Gasteiger partial charge in [0.1, 0.15) is 5.75 Å². The van der Waals surface area contributed by atoms with Gasteiger partial charge in [0.2, 0.25) is 0 Å². The summed E-state index contributed by atoms with van der Waals surface area (Å²) in [5, 5.41) is 10.0. The van der Waals surface area contributed by atoms with E-state index >= 15 is 0 Å². The summed E-state index contributed by atoms with van der Waals surface area (Å²) in [6, 6.07) is 4.11. The van der Waals surface area contributed by atoms with E-state index < -0.39 is 5.97 Å². The topological polar surface area (TPSA) is 51.5 Å². The lowest BCUT2D eigenvalue weighted by atomic mass is 10.1. The molecular weight excluding hydrogens is 242 g/mol. The largest absolute Gasteiger partial charge is 0.495 e. The molecule has 4 nitrogen and oxygen atoms in total. The third-order valence-corrected chi connectivity index (χ3v) is 3.61. The van der Waals surface area contributed by atoms with Gasteiger partial charge in [0.15, 0.2) is 0 Å². The van der Waals surface area contributed by atoms with Crippen LogP contribution in [0.15, 0.2) is 12.1 Å². The van der Waals surface area contributed by atoms with Gasteiger partial charge in [-0.15, -0.1) is 0 Å². The number of carboxylic acid groups (broad SMARTS) is 1. The Hall–Kier alpha value is -1.97. The molecule has 0 saturated carbocycles. The summed E-state index contributed by atoms with van der Waals surface area (Å²) in [6.45, 7) is 6.58. The average Bonchev–Trinajstić information content (AvgIpc) is 2.59. The number of ether oxygens (including phenoxy) is 1. The highest BCUT2D eigenvalue weighted by atomic mass is 16.5. The Balaban J connectivity index is 2.68. The fourth-order valence-corrected chi connectivity index (χ4v) is 2.52. The van der Waals surface area contributed by atoms with Gasteiger partial charge in [0.25, 0.3) is 0 Å². The zero-order chi connectivity index (χ0) is 14.2. The molecule has 0 fully saturated rings. The Bertz CT molecular complexity index is 641. The number of aromatic nitrogens is 1. The van der Waals surface area contributed by atoms with Crippen LogP contribution in [-0.4, -0.2) is 22.8 Å². The third-order valence-electron chi connectivity index (χ3n) is 3.61. The minimum atomic E-state index is -0.787. The molecule has 0 bridgehead atoms. The monoisotopic (exact) mass is 261 g/mol. The van der Waals surface area contributed by atoms with E-state index in [0.29, 0.717) is 6.54 Å². The van der Waals surface area contributed by atoms with E-state index in [9.17, 15) is 4.79 Å². The highest BCUT2D eigenvalue weighted by molar-refractivity contribution is 5.91. The number of carbonyl (C=O) groups is 1. The minimum Gasteiger partial charge on any atom is -0.495 e. The van der Waals surface area contributed by atoms with E-state index in [-0.39, 0.29) is 6.42 Å². The molecule has 2 rings (SSSR count). The number of hydrogen-bond acceptors (Lipinski definition) is 2. The van der Waals surface area contributed by atoms with E-state index in [1.165, 1.54) is 5.56 Å². The molecule has 2 aromatic rings. The van der Waals surface area contributed by atoms with Crippen molar-refractivity contribution in [3.05, 3.63) is 29.0 Å². The van der Waals surface area contributed by atoms with Gasteiger partial charge in [-0.1, -0.05) is 0 Å². The van der Waals surface area contributed by atoms with Crippen LogP contribution in [0.2, 0.25) is 0 Å². The molecule has 4 heteroatoms. The fourth-order valence-electron chi connectivity index (χ4n) is 2.52. The maximum atomic E-state index is 10.8. The molecule has 0 aliphatic heterocycles. The summed E-state index contributed by atoms with van der Waals surface area (Å²) in [4.78, 5) is 10.8. The first-order valence-corrected chi connectivity index (χ1v) is 6.31.